The molecule has 2 aromatic heterocycles. The number of methoxy groups -OCH3 is 1. The first-order chi connectivity index (χ1) is 16.5. The molecule has 0 spiro atoms. The van der Waals surface area contributed by atoms with Crippen LogP contribution in [0.4, 0.5) is 0 Å². The third kappa shape index (κ3) is 4.17. The number of rotatable bonds is 6. The van der Waals surface area contributed by atoms with Crippen molar-refractivity contribution in [3.63, 3.8) is 0 Å². The Kier molecular flexibility index (Phi) is 6.51. The Bertz CT molecular complexity index is 1190. The highest BCUT2D eigenvalue weighted by molar-refractivity contribution is 7.80. The van der Waals surface area contributed by atoms with Gasteiger partial charge in [0.15, 0.2) is 5.11 Å². The van der Waals surface area contributed by atoms with Crippen LogP contribution in [0.15, 0.2) is 48.7 Å². The molecule has 6 nitrogen and oxygen atoms in total. The average Bonchev–Trinajstić information content (AvgIpc) is 3.53. The van der Waals surface area contributed by atoms with Crippen LogP contribution in [0, 0.1) is 13.8 Å². The second-order valence-corrected chi connectivity index (χ2v) is 9.72. The Morgan fingerprint density at radius 1 is 1.24 bits per heavy atom. The maximum absolute atomic E-state index is 6.38. The molecule has 0 amide bonds. The summed E-state index contributed by atoms with van der Waals surface area (Å²) < 4.78 is 13.9. The predicted molar refractivity (Wildman–Crippen MR) is 138 cm³/mol. The first kappa shape index (κ1) is 23.1. The summed E-state index contributed by atoms with van der Waals surface area (Å²) in [5.41, 5.74) is 5.30. The molecule has 0 aliphatic carbocycles. The monoisotopic (exact) mass is 496 g/mol. The molecule has 8 heteroatoms. The van der Waals surface area contributed by atoms with E-state index in [0.29, 0.717) is 5.02 Å². The quantitative estimate of drug-likeness (QED) is 0.467. The molecule has 1 aromatic carbocycles. The summed E-state index contributed by atoms with van der Waals surface area (Å²) in [7, 11) is 1.68. The van der Waals surface area contributed by atoms with Gasteiger partial charge in [0, 0.05) is 35.8 Å². The Labute approximate surface area is 210 Å². The van der Waals surface area contributed by atoms with Crippen molar-refractivity contribution in [2.45, 2.75) is 44.9 Å². The molecule has 2 fully saturated rings. The summed E-state index contributed by atoms with van der Waals surface area (Å²) in [6, 6.07) is 13.9. The van der Waals surface area contributed by atoms with Crippen molar-refractivity contribution in [1.82, 2.24) is 19.8 Å². The number of nitrogens with one attached hydrogen (secondary N) is 1. The van der Waals surface area contributed by atoms with Gasteiger partial charge in [0.05, 0.1) is 36.7 Å². The van der Waals surface area contributed by atoms with Gasteiger partial charge in [-0.25, -0.2) is 0 Å². The number of halogens is 1. The summed E-state index contributed by atoms with van der Waals surface area (Å²) in [6.07, 6.45) is 4.16. The zero-order valence-electron chi connectivity index (χ0n) is 19.6. The van der Waals surface area contributed by atoms with E-state index in [-0.39, 0.29) is 18.2 Å². The van der Waals surface area contributed by atoms with E-state index in [1.165, 1.54) is 5.56 Å². The van der Waals surface area contributed by atoms with Crippen molar-refractivity contribution in [1.29, 1.82) is 0 Å². The fourth-order valence-electron chi connectivity index (χ4n) is 5.24. The van der Waals surface area contributed by atoms with Gasteiger partial charge in [-0.3, -0.25) is 4.98 Å². The van der Waals surface area contributed by atoms with Crippen LogP contribution in [0.2, 0.25) is 5.02 Å². The SMILES string of the molecule is COc1ccc(Cl)cc1-n1c(C)cc([C@@H]2[C@@H](c3ccccn3)NC(=S)N2C[C@@H]2CCCO2)c1C. The van der Waals surface area contributed by atoms with E-state index >= 15 is 0 Å². The van der Waals surface area contributed by atoms with Gasteiger partial charge in [0.2, 0.25) is 0 Å². The van der Waals surface area contributed by atoms with Crippen molar-refractivity contribution in [2.24, 2.45) is 0 Å². The van der Waals surface area contributed by atoms with E-state index < -0.39 is 0 Å². The second kappa shape index (κ2) is 9.56. The van der Waals surface area contributed by atoms with E-state index in [9.17, 15) is 0 Å². The fraction of sp³-hybridized carbons (Fsp3) is 0.385. The van der Waals surface area contributed by atoms with Crippen LogP contribution in [-0.2, 0) is 4.74 Å². The number of hydrogen-bond acceptors (Lipinski definition) is 4. The number of aromatic nitrogens is 2. The summed E-state index contributed by atoms with van der Waals surface area (Å²) in [5, 5.41) is 4.96. The predicted octanol–water partition coefficient (Wildman–Crippen LogP) is 5.30. The summed E-state index contributed by atoms with van der Waals surface area (Å²) in [5.74, 6) is 0.773. The molecule has 3 atom stereocenters. The number of thiocarbonyl (C=S) groups is 1. The van der Waals surface area contributed by atoms with Crippen molar-refractivity contribution < 1.29 is 9.47 Å². The van der Waals surface area contributed by atoms with E-state index in [1.807, 2.05) is 36.5 Å². The molecule has 0 radical (unpaired) electrons. The van der Waals surface area contributed by atoms with Gasteiger partial charge < -0.3 is 24.3 Å². The molecular weight excluding hydrogens is 468 g/mol. The van der Waals surface area contributed by atoms with Gasteiger partial charge in [-0.15, -0.1) is 0 Å². The summed E-state index contributed by atoms with van der Waals surface area (Å²) >= 11 is 12.2. The Morgan fingerprint density at radius 2 is 2.09 bits per heavy atom. The van der Waals surface area contributed by atoms with Gasteiger partial charge >= 0.3 is 0 Å². The van der Waals surface area contributed by atoms with Crippen molar-refractivity contribution in [2.75, 3.05) is 20.3 Å². The molecule has 2 saturated heterocycles. The Balaban J connectivity index is 1.62. The highest BCUT2D eigenvalue weighted by Crippen LogP contribution is 2.42. The minimum absolute atomic E-state index is 0.0169. The minimum atomic E-state index is -0.0645. The van der Waals surface area contributed by atoms with Crippen LogP contribution in [0.5, 0.6) is 5.75 Å². The molecule has 4 heterocycles. The second-order valence-electron chi connectivity index (χ2n) is 8.89. The van der Waals surface area contributed by atoms with E-state index in [2.05, 4.69) is 45.7 Å². The Hall–Kier alpha value is -2.61. The van der Waals surface area contributed by atoms with E-state index in [1.54, 1.807) is 7.11 Å². The lowest BCUT2D eigenvalue weighted by Gasteiger charge is -2.30. The van der Waals surface area contributed by atoms with Crippen molar-refractivity contribution in [3.05, 3.63) is 76.3 Å². The largest absolute Gasteiger partial charge is 0.495 e. The standard InChI is InChI=1S/C26H29ClN4O2S/c1-16-13-20(17(2)31(16)22-14-18(27)9-10-23(22)32-3)25-24(21-8-4-5-11-28-21)29-26(34)30(25)15-19-7-6-12-33-19/h4-5,8-11,13-14,19,24-25H,6-7,12,15H2,1-3H3,(H,29,34)/t19-,24+,25+/m0/s1. The van der Waals surface area contributed by atoms with Crippen LogP contribution >= 0.6 is 23.8 Å². The van der Waals surface area contributed by atoms with Crippen LogP contribution in [-0.4, -0.2) is 45.9 Å². The lowest BCUT2D eigenvalue weighted by Crippen LogP contribution is -2.36. The van der Waals surface area contributed by atoms with Crippen LogP contribution in [0.25, 0.3) is 5.69 Å². The lowest BCUT2D eigenvalue weighted by atomic mass is 9.96. The number of aryl methyl sites for hydroxylation is 1. The number of ether oxygens (including phenoxy) is 2. The molecule has 3 aromatic rings. The molecule has 2 aliphatic heterocycles. The molecule has 5 rings (SSSR count). The topological polar surface area (TPSA) is 51.5 Å². The van der Waals surface area contributed by atoms with Gasteiger partial charge in [-0.1, -0.05) is 17.7 Å². The number of hydrogen-bond donors (Lipinski definition) is 1. The number of pyridine rings is 1. The highest BCUT2D eigenvalue weighted by atomic mass is 35.5. The highest BCUT2D eigenvalue weighted by Gasteiger charge is 2.42. The fourth-order valence-corrected chi connectivity index (χ4v) is 5.73. The summed E-state index contributed by atoms with van der Waals surface area (Å²) in [4.78, 5) is 6.95. The third-order valence-electron chi connectivity index (χ3n) is 6.79. The Morgan fingerprint density at radius 3 is 2.79 bits per heavy atom. The molecule has 1 N–H and O–H groups in total. The number of benzene rings is 1. The average molecular weight is 497 g/mol. The first-order valence-electron chi connectivity index (χ1n) is 11.6. The smallest absolute Gasteiger partial charge is 0.170 e. The zero-order chi connectivity index (χ0) is 23.8. The molecule has 0 saturated carbocycles. The van der Waals surface area contributed by atoms with Crippen molar-refractivity contribution >= 4 is 28.9 Å². The normalized spacial score (nSPS) is 22.3. The zero-order valence-corrected chi connectivity index (χ0v) is 21.2. The van der Waals surface area contributed by atoms with E-state index in [0.717, 1.165) is 59.6 Å². The minimum Gasteiger partial charge on any atom is -0.495 e. The maximum atomic E-state index is 6.38. The molecule has 34 heavy (non-hydrogen) atoms. The molecule has 178 valence electrons. The van der Waals surface area contributed by atoms with Gasteiger partial charge in [0.1, 0.15) is 5.75 Å². The molecule has 0 bridgehead atoms. The lowest BCUT2D eigenvalue weighted by molar-refractivity contribution is 0.0842. The first-order valence-corrected chi connectivity index (χ1v) is 12.4. The van der Waals surface area contributed by atoms with Crippen LogP contribution in [0.1, 0.15) is 47.6 Å². The van der Waals surface area contributed by atoms with Gasteiger partial charge in [0.25, 0.3) is 0 Å². The summed E-state index contributed by atoms with van der Waals surface area (Å²) in [6.45, 7) is 5.82. The van der Waals surface area contributed by atoms with Crippen molar-refractivity contribution in [3.8, 4) is 11.4 Å². The third-order valence-corrected chi connectivity index (χ3v) is 7.38. The maximum Gasteiger partial charge on any atom is 0.170 e. The van der Waals surface area contributed by atoms with Crippen LogP contribution < -0.4 is 10.1 Å². The van der Waals surface area contributed by atoms with Crippen LogP contribution in [0.3, 0.4) is 0 Å². The molecule has 2 aliphatic rings. The molecule has 0 unspecified atom stereocenters. The van der Waals surface area contributed by atoms with Gasteiger partial charge in [-0.05, 0) is 80.9 Å². The van der Waals surface area contributed by atoms with Gasteiger partial charge in [-0.2, -0.15) is 0 Å². The van der Waals surface area contributed by atoms with E-state index in [4.69, 9.17) is 33.3 Å². The molecular formula is C26H29ClN4O2S. The number of nitrogens with zero attached hydrogens (tertiary/aromatic N) is 3.